The summed E-state index contributed by atoms with van der Waals surface area (Å²) in [5.74, 6) is 0. The van der Waals surface area contributed by atoms with E-state index in [4.69, 9.17) is 18.9 Å². The first-order valence-electron chi connectivity index (χ1n) is 8.31. The van der Waals surface area contributed by atoms with Gasteiger partial charge in [-0.3, -0.25) is 0 Å². The van der Waals surface area contributed by atoms with E-state index in [-0.39, 0.29) is 12.4 Å². The maximum Gasteiger partial charge on any atom is 0.157 e. The van der Waals surface area contributed by atoms with Gasteiger partial charge in [0.2, 0.25) is 0 Å². The summed E-state index contributed by atoms with van der Waals surface area (Å²) in [4.78, 5) is 0. The Bertz CT molecular complexity index is 376. The average Bonchev–Trinajstić information content (AvgIpc) is 2.58. The van der Waals surface area contributed by atoms with Crippen LogP contribution >= 0.6 is 0 Å². The Morgan fingerprint density at radius 3 is 2.77 bits per heavy atom. The van der Waals surface area contributed by atoms with Gasteiger partial charge in [-0.2, -0.15) is 0 Å². The zero-order valence-corrected chi connectivity index (χ0v) is 13.5. The fraction of sp³-hybridized carbons (Fsp3) is 0.667. The van der Waals surface area contributed by atoms with Crippen molar-refractivity contribution in [1.82, 2.24) is 0 Å². The van der Waals surface area contributed by atoms with Crippen molar-refractivity contribution in [2.75, 3.05) is 26.4 Å². The Balaban J connectivity index is 1.42. The third-order valence-corrected chi connectivity index (χ3v) is 3.72. The van der Waals surface area contributed by atoms with Crippen molar-refractivity contribution in [3.05, 3.63) is 35.9 Å². The molecule has 1 saturated heterocycles. The van der Waals surface area contributed by atoms with Gasteiger partial charge in [0.05, 0.1) is 25.9 Å². The average molecular weight is 308 g/mol. The van der Waals surface area contributed by atoms with Crippen LogP contribution in [0.25, 0.3) is 0 Å². The molecule has 2 atom stereocenters. The van der Waals surface area contributed by atoms with E-state index in [1.165, 1.54) is 12.0 Å². The van der Waals surface area contributed by atoms with E-state index < -0.39 is 0 Å². The fourth-order valence-corrected chi connectivity index (χ4v) is 2.33. The molecule has 124 valence electrons. The van der Waals surface area contributed by atoms with Crippen LogP contribution in [0.1, 0.15) is 38.2 Å². The molecular formula is C18H28O4. The van der Waals surface area contributed by atoms with Crippen molar-refractivity contribution in [3.63, 3.8) is 0 Å². The standard InChI is InChI=1S/C18H28O4/c1-16(22-15-17-7-3-2-4-8-17)10-12-19-13-14-21-18-9-5-6-11-20-18/h2-4,7-8,16,18H,5-6,9-15H2,1H3/t16-,18?/m1/s1. The highest BCUT2D eigenvalue weighted by molar-refractivity contribution is 5.13. The molecule has 0 spiro atoms. The summed E-state index contributed by atoms with van der Waals surface area (Å²) in [6, 6.07) is 10.2. The molecule has 0 saturated carbocycles. The first-order valence-corrected chi connectivity index (χ1v) is 8.31. The maximum absolute atomic E-state index is 5.80. The highest BCUT2D eigenvalue weighted by atomic mass is 16.7. The molecule has 1 fully saturated rings. The Morgan fingerprint density at radius 1 is 1.14 bits per heavy atom. The normalized spacial score (nSPS) is 20.0. The van der Waals surface area contributed by atoms with Crippen molar-refractivity contribution < 1.29 is 18.9 Å². The summed E-state index contributed by atoms with van der Waals surface area (Å²) in [7, 11) is 0. The van der Waals surface area contributed by atoms with Gasteiger partial charge in [0.1, 0.15) is 0 Å². The molecule has 1 heterocycles. The highest BCUT2D eigenvalue weighted by Crippen LogP contribution is 2.13. The molecule has 0 aliphatic carbocycles. The smallest absolute Gasteiger partial charge is 0.157 e. The number of hydrogen-bond donors (Lipinski definition) is 0. The van der Waals surface area contributed by atoms with E-state index in [1.54, 1.807) is 0 Å². The Hall–Kier alpha value is -0.940. The van der Waals surface area contributed by atoms with Crippen LogP contribution in [0.2, 0.25) is 0 Å². The van der Waals surface area contributed by atoms with Gasteiger partial charge in [-0.15, -0.1) is 0 Å². The maximum atomic E-state index is 5.80. The summed E-state index contributed by atoms with van der Waals surface area (Å²) < 4.78 is 22.5. The van der Waals surface area contributed by atoms with Crippen molar-refractivity contribution >= 4 is 0 Å². The van der Waals surface area contributed by atoms with Crippen molar-refractivity contribution in [1.29, 1.82) is 0 Å². The summed E-state index contributed by atoms with van der Waals surface area (Å²) in [6.45, 7) is 5.48. The minimum absolute atomic E-state index is 0.0227. The van der Waals surface area contributed by atoms with E-state index in [0.717, 1.165) is 25.9 Å². The van der Waals surface area contributed by atoms with Crippen LogP contribution in [0.4, 0.5) is 0 Å². The minimum atomic E-state index is -0.0227. The first kappa shape index (κ1) is 17.4. The lowest BCUT2D eigenvalue weighted by Crippen LogP contribution is -2.24. The van der Waals surface area contributed by atoms with Gasteiger partial charge in [-0.1, -0.05) is 30.3 Å². The first-order chi connectivity index (χ1) is 10.8. The topological polar surface area (TPSA) is 36.9 Å². The Labute approximate surface area is 133 Å². The van der Waals surface area contributed by atoms with Crippen LogP contribution < -0.4 is 0 Å². The molecule has 1 unspecified atom stereocenters. The van der Waals surface area contributed by atoms with Gasteiger partial charge in [0, 0.05) is 13.2 Å². The summed E-state index contributed by atoms with van der Waals surface area (Å²) in [5, 5.41) is 0. The second kappa shape index (κ2) is 10.7. The predicted octanol–water partition coefficient (Wildman–Crippen LogP) is 3.54. The zero-order chi connectivity index (χ0) is 15.5. The van der Waals surface area contributed by atoms with E-state index in [2.05, 4.69) is 19.1 Å². The Kier molecular flexibility index (Phi) is 8.49. The van der Waals surface area contributed by atoms with E-state index in [0.29, 0.717) is 26.4 Å². The quantitative estimate of drug-likeness (QED) is 0.620. The van der Waals surface area contributed by atoms with Crippen LogP contribution in [0.3, 0.4) is 0 Å². The second-order valence-corrected chi connectivity index (χ2v) is 5.68. The van der Waals surface area contributed by atoms with Gasteiger partial charge in [0.15, 0.2) is 6.29 Å². The minimum Gasteiger partial charge on any atom is -0.379 e. The van der Waals surface area contributed by atoms with Crippen molar-refractivity contribution in [2.45, 2.75) is 51.6 Å². The summed E-state index contributed by atoms with van der Waals surface area (Å²) in [5.41, 5.74) is 1.20. The monoisotopic (exact) mass is 308 g/mol. The molecule has 0 bridgehead atoms. The van der Waals surface area contributed by atoms with E-state index >= 15 is 0 Å². The molecule has 0 radical (unpaired) electrons. The van der Waals surface area contributed by atoms with Gasteiger partial charge < -0.3 is 18.9 Å². The molecule has 2 rings (SSSR count). The third-order valence-electron chi connectivity index (χ3n) is 3.72. The van der Waals surface area contributed by atoms with Crippen LogP contribution in [-0.4, -0.2) is 38.8 Å². The predicted molar refractivity (Wildman–Crippen MR) is 85.7 cm³/mol. The van der Waals surface area contributed by atoms with E-state index in [9.17, 15) is 0 Å². The summed E-state index contributed by atoms with van der Waals surface area (Å²) >= 11 is 0. The molecule has 4 heteroatoms. The number of hydrogen-bond acceptors (Lipinski definition) is 4. The van der Waals surface area contributed by atoms with Gasteiger partial charge in [-0.25, -0.2) is 0 Å². The molecule has 1 aliphatic heterocycles. The lowest BCUT2D eigenvalue weighted by molar-refractivity contribution is -0.169. The molecule has 4 nitrogen and oxygen atoms in total. The Morgan fingerprint density at radius 2 is 2.00 bits per heavy atom. The van der Waals surface area contributed by atoms with Crippen LogP contribution in [0.5, 0.6) is 0 Å². The highest BCUT2D eigenvalue weighted by Gasteiger charge is 2.13. The number of benzene rings is 1. The molecule has 0 aromatic heterocycles. The molecule has 1 aromatic rings. The number of rotatable bonds is 10. The largest absolute Gasteiger partial charge is 0.379 e. The van der Waals surface area contributed by atoms with Gasteiger partial charge >= 0.3 is 0 Å². The molecular weight excluding hydrogens is 280 g/mol. The van der Waals surface area contributed by atoms with Crippen LogP contribution in [0, 0.1) is 0 Å². The lowest BCUT2D eigenvalue weighted by Gasteiger charge is -2.22. The fourth-order valence-electron chi connectivity index (χ4n) is 2.33. The molecule has 1 aromatic carbocycles. The lowest BCUT2D eigenvalue weighted by atomic mass is 10.2. The van der Waals surface area contributed by atoms with Crippen LogP contribution in [-0.2, 0) is 25.6 Å². The SMILES string of the molecule is C[C@H](CCOCCOC1CCCCO1)OCc1ccccc1. The van der Waals surface area contributed by atoms with Crippen molar-refractivity contribution in [2.24, 2.45) is 0 Å². The molecule has 0 N–H and O–H groups in total. The zero-order valence-electron chi connectivity index (χ0n) is 13.5. The third kappa shape index (κ3) is 7.36. The van der Waals surface area contributed by atoms with Crippen LogP contribution in [0.15, 0.2) is 30.3 Å². The molecule has 0 amide bonds. The summed E-state index contributed by atoms with van der Waals surface area (Å²) in [6.07, 6.45) is 4.42. The second-order valence-electron chi connectivity index (χ2n) is 5.68. The van der Waals surface area contributed by atoms with E-state index in [1.807, 2.05) is 18.2 Å². The van der Waals surface area contributed by atoms with Crippen molar-refractivity contribution in [3.8, 4) is 0 Å². The van der Waals surface area contributed by atoms with Gasteiger partial charge in [-0.05, 0) is 38.2 Å². The molecule has 1 aliphatic rings. The van der Waals surface area contributed by atoms with Gasteiger partial charge in [0.25, 0.3) is 0 Å². The molecule has 22 heavy (non-hydrogen) atoms. The number of ether oxygens (including phenoxy) is 4.